The highest BCUT2D eigenvalue weighted by molar-refractivity contribution is 5.75. The lowest BCUT2D eigenvalue weighted by molar-refractivity contribution is -0.141. The molecule has 1 aliphatic heterocycles. The van der Waals surface area contributed by atoms with E-state index in [0.29, 0.717) is 6.61 Å². The first kappa shape index (κ1) is 10.2. The lowest BCUT2D eigenvalue weighted by Crippen LogP contribution is -2.26. The van der Waals surface area contributed by atoms with E-state index in [-0.39, 0.29) is 17.3 Å². The van der Waals surface area contributed by atoms with Crippen LogP contribution in [0, 0.1) is 11.3 Å². The number of ether oxygens (including phenoxy) is 1. The van der Waals surface area contributed by atoms with Crippen LogP contribution in [0.2, 0.25) is 0 Å². The monoisotopic (exact) mass is 204 g/mol. The van der Waals surface area contributed by atoms with Crippen molar-refractivity contribution in [3.63, 3.8) is 0 Å². The van der Waals surface area contributed by atoms with E-state index in [4.69, 9.17) is 4.74 Å². The minimum atomic E-state index is -0.0520. The van der Waals surface area contributed by atoms with E-state index in [1.165, 1.54) is 5.56 Å². The Kier molecular flexibility index (Phi) is 2.51. The summed E-state index contributed by atoms with van der Waals surface area (Å²) < 4.78 is 5.11. The van der Waals surface area contributed by atoms with Gasteiger partial charge in [-0.25, -0.2) is 0 Å². The van der Waals surface area contributed by atoms with E-state index in [0.717, 1.165) is 6.42 Å². The van der Waals surface area contributed by atoms with Crippen LogP contribution in [0.15, 0.2) is 30.3 Å². The Labute approximate surface area is 90.3 Å². The zero-order chi connectivity index (χ0) is 10.9. The van der Waals surface area contributed by atoms with Crippen molar-refractivity contribution in [1.82, 2.24) is 0 Å². The first-order valence-electron chi connectivity index (χ1n) is 5.30. The van der Waals surface area contributed by atoms with Crippen LogP contribution in [0.25, 0.3) is 0 Å². The molecule has 1 fully saturated rings. The van der Waals surface area contributed by atoms with Gasteiger partial charge in [0.1, 0.15) is 0 Å². The Balaban J connectivity index is 2.15. The molecule has 2 rings (SSSR count). The molecule has 1 heterocycles. The lowest BCUT2D eigenvalue weighted by atomic mass is 9.78. The standard InChI is InChI=1S/C13H16O2/c1-13(2)9-15-12(14)11(13)8-10-6-4-3-5-7-10/h3-7,11H,8-9H2,1-2H3. The molecule has 1 unspecified atom stereocenters. The number of rotatable bonds is 2. The van der Waals surface area contributed by atoms with Crippen LogP contribution in [0.3, 0.4) is 0 Å². The fourth-order valence-electron chi connectivity index (χ4n) is 1.99. The Morgan fingerprint density at radius 3 is 2.53 bits per heavy atom. The Bertz CT molecular complexity index is 354. The van der Waals surface area contributed by atoms with Crippen LogP contribution in [0.1, 0.15) is 19.4 Å². The summed E-state index contributed by atoms with van der Waals surface area (Å²) in [6.07, 6.45) is 0.784. The van der Waals surface area contributed by atoms with Crippen molar-refractivity contribution >= 4 is 5.97 Å². The quantitative estimate of drug-likeness (QED) is 0.691. The maximum atomic E-state index is 11.6. The molecule has 15 heavy (non-hydrogen) atoms. The second kappa shape index (κ2) is 3.69. The van der Waals surface area contributed by atoms with Crippen molar-refractivity contribution in [2.45, 2.75) is 20.3 Å². The highest BCUT2D eigenvalue weighted by Crippen LogP contribution is 2.36. The summed E-state index contributed by atoms with van der Waals surface area (Å²) in [6, 6.07) is 10.1. The molecular formula is C13H16O2. The average Bonchev–Trinajstić information content (AvgIpc) is 2.47. The molecular weight excluding hydrogens is 188 g/mol. The third-order valence-electron chi connectivity index (χ3n) is 3.10. The zero-order valence-electron chi connectivity index (χ0n) is 9.19. The van der Waals surface area contributed by atoms with Gasteiger partial charge in [0.05, 0.1) is 12.5 Å². The summed E-state index contributed by atoms with van der Waals surface area (Å²) in [6.45, 7) is 4.72. The second-order valence-corrected chi connectivity index (χ2v) is 4.84. The first-order chi connectivity index (χ1) is 7.09. The molecule has 1 aromatic carbocycles. The van der Waals surface area contributed by atoms with E-state index >= 15 is 0 Å². The van der Waals surface area contributed by atoms with Crippen LogP contribution in [0.4, 0.5) is 0 Å². The first-order valence-corrected chi connectivity index (χ1v) is 5.30. The van der Waals surface area contributed by atoms with Crippen LogP contribution in [-0.2, 0) is 16.0 Å². The lowest BCUT2D eigenvalue weighted by Gasteiger charge is -2.21. The molecule has 0 N–H and O–H groups in total. The normalized spacial score (nSPS) is 23.9. The van der Waals surface area contributed by atoms with Crippen molar-refractivity contribution < 1.29 is 9.53 Å². The zero-order valence-corrected chi connectivity index (χ0v) is 9.19. The van der Waals surface area contributed by atoms with E-state index in [1.807, 2.05) is 18.2 Å². The third-order valence-corrected chi connectivity index (χ3v) is 3.10. The summed E-state index contributed by atoms with van der Waals surface area (Å²) in [5.74, 6) is -0.0521. The van der Waals surface area contributed by atoms with Crippen molar-refractivity contribution in [3.05, 3.63) is 35.9 Å². The molecule has 0 spiro atoms. The van der Waals surface area contributed by atoms with Gasteiger partial charge in [-0.15, -0.1) is 0 Å². The van der Waals surface area contributed by atoms with Crippen molar-refractivity contribution in [3.8, 4) is 0 Å². The van der Waals surface area contributed by atoms with Crippen molar-refractivity contribution in [2.24, 2.45) is 11.3 Å². The van der Waals surface area contributed by atoms with E-state index in [2.05, 4.69) is 26.0 Å². The Morgan fingerprint density at radius 1 is 1.33 bits per heavy atom. The number of hydrogen-bond acceptors (Lipinski definition) is 2. The van der Waals surface area contributed by atoms with E-state index in [1.54, 1.807) is 0 Å². The smallest absolute Gasteiger partial charge is 0.309 e. The molecule has 80 valence electrons. The summed E-state index contributed by atoms with van der Waals surface area (Å²) in [7, 11) is 0. The Hall–Kier alpha value is -1.31. The number of esters is 1. The Morgan fingerprint density at radius 2 is 2.00 bits per heavy atom. The van der Waals surface area contributed by atoms with Crippen LogP contribution in [0.5, 0.6) is 0 Å². The van der Waals surface area contributed by atoms with Crippen LogP contribution in [-0.4, -0.2) is 12.6 Å². The van der Waals surface area contributed by atoms with Crippen LogP contribution < -0.4 is 0 Å². The largest absolute Gasteiger partial charge is 0.465 e. The fraction of sp³-hybridized carbons (Fsp3) is 0.462. The number of carbonyl (C=O) groups excluding carboxylic acids is 1. The molecule has 1 aromatic rings. The highest BCUT2D eigenvalue weighted by atomic mass is 16.5. The number of benzene rings is 1. The average molecular weight is 204 g/mol. The van der Waals surface area contributed by atoms with Crippen molar-refractivity contribution in [2.75, 3.05) is 6.61 Å². The summed E-state index contributed by atoms with van der Waals surface area (Å²) >= 11 is 0. The number of carbonyl (C=O) groups is 1. The highest BCUT2D eigenvalue weighted by Gasteiger charge is 2.43. The van der Waals surface area contributed by atoms with Gasteiger partial charge in [-0.1, -0.05) is 44.2 Å². The van der Waals surface area contributed by atoms with Gasteiger partial charge >= 0.3 is 5.97 Å². The topological polar surface area (TPSA) is 26.3 Å². The van der Waals surface area contributed by atoms with Gasteiger partial charge < -0.3 is 4.74 Å². The van der Waals surface area contributed by atoms with Gasteiger partial charge in [0, 0.05) is 5.41 Å². The summed E-state index contributed by atoms with van der Waals surface area (Å²) in [4.78, 5) is 11.6. The maximum Gasteiger partial charge on any atom is 0.309 e. The molecule has 0 amide bonds. The van der Waals surface area contributed by atoms with Crippen molar-refractivity contribution in [1.29, 1.82) is 0 Å². The minimum absolute atomic E-state index is 0.0000926. The molecule has 1 atom stereocenters. The van der Waals surface area contributed by atoms with Gasteiger partial charge in [-0.2, -0.15) is 0 Å². The summed E-state index contributed by atoms with van der Waals surface area (Å²) in [5, 5.41) is 0. The van der Waals surface area contributed by atoms with Crippen LogP contribution >= 0.6 is 0 Å². The molecule has 0 saturated carbocycles. The SMILES string of the molecule is CC1(C)COC(=O)C1Cc1ccccc1. The minimum Gasteiger partial charge on any atom is -0.465 e. The predicted molar refractivity (Wildman–Crippen MR) is 58.4 cm³/mol. The maximum absolute atomic E-state index is 11.6. The predicted octanol–water partition coefficient (Wildman–Crippen LogP) is 2.43. The molecule has 2 nitrogen and oxygen atoms in total. The molecule has 0 bridgehead atoms. The van der Waals surface area contributed by atoms with Gasteiger partial charge in [0.25, 0.3) is 0 Å². The van der Waals surface area contributed by atoms with E-state index in [9.17, 15) is 4.79 Å². The summed E-state index contributed by atoms with van der Waals surface area (Å²) in [5.41, 5.74) is 1.17. The molecule has 1 saturated heterocycles. The molecule has 1 aliphatic rings. The third kappa shape index (κ3) is 2.04. The number of hydrogen-bond donors (Lipinski definition) is 0. The fourth-order valence-corrected chi connectivity index (χ4v) is 1.99. The number of cyclic esters (lactones) is 1. The molecule has 2 heteroatoms. The van der Waals surface area contributed by atoms with Gasteiger partial charge in [-0.3, -0.25) is 4.79 Å². The van der Waals surface area contributed by atoms with Gasteiger partial charge in [-0.05, 0) is 12.0 Å². The second-order valence-electron chi connectivity index (χ2n) is 4.84. The molecule has 0 radical (unpaired) electrons. The van der Waals surface area contributed by atoms with Gasteiger partial charge in [0.2, 0.25) is 0 Å². The van der Waals surface area contributed by atoms with Gasteiger partial charge in [0.15, 0.2) is 0 Å². The molecule has 0 aliphatic carbocycles. The van der Waals surface area contributed by atoms with E-state index < -0.39 is 0 Å². The molecule has 0 aromatic heterocycles.